The van der Waals surface area contributed by atoms with Crippen LogP contribution < -0.4 is 5.73 Å². The molecule has 1 aromatic rings. The van der Waals surface area contributed by atoms with Crippen molar-refractivity contribution < 1.29 is 9.53 Å². The van der Waals surface area contributed by atoms with Crippen LogP contribution in [0.2, 0.25) is 0 Å². The Morgan fingerprint density at radius 2 is 2.27 bits per heavy atom. The predicted molar refractivity (Wildman–Crippen MR) is 57.5 cm³/mol. The predicted octanol–water partition coefficient (Wildman–Crippen LogP) is 2.72. The van der Waals surface area contributed by atoms with Crippen molar-refractivity contribution in [2.24, 2.45) is 5.73 Å². The summed E-state index contributed by atoms with van der Waals surface area (Å²) in [5, 5.41) is 0. The van der Waals surface area contributed by atoms with Crippen LogP contribution in [-0.4, -0.2) is 6.09 Å². The Hall–Kier alpha value is -1.51. The average molecular weight is 205 g/mol. The van der Waals surface area contributed by atoms with E-state index in [2.05, 4.69) is 12.1 Å². The first-order chi connectivity index (χ1) is 7.16. The van der Waals surface area contributed by atoms with Gasteiger partial charge < -0.3 is 10.5 Å². The van der Waals surface area contributed by atoms with Crippen LogP contribution in [0.25, 0.3) is 0 Å². The highest BCUT2D eigenvalue weighted by molar-refractivity contribution is 5.65. The average Bonchev–Trinajstić information content (AvgIpc) is 3.00. The van der Waals surface area contributed by atoms with Crippen LogP contribution in [0, 0.1) is 0 Å². The van der Waals surface area contributed by atoms with Crippen molar-refractivity contribution in [3.63, 3.8) is 0 Å². The summed E-state index contributed by atoms with van der Waals surface area (Å²) in [7, 11) is 0. The first kappa shape index (κ1) is 10.0. The zero-order chi connectivity index (χ0) is 10.8. The maximum absolute atomic E-state index is 10.6. The summed E-state index contributed by atoms with van der Waals surface area (Å²) >= 11 is 0. The molecule has 0 aromatic heterocycles. The maximum Gasteiger partial charge on any atom is 0.405 e. The molecule has 0 aliphatic heterocycles. The van der Waals surface area contributed by atoms with E-state index in [0.29, 0.717) is 5.92 Å². The fourth-order valence-electron chi connectivity index (χ4n) is 1.72. The number of hydrogen-bond donors (Lipinski definition) is 1. The van der Waals surface area contributed by atoms with Gasteiger partial charge in [-0.3, -0.25) is 0 Å². The van der Waals surface area contributed by atoms with E-state index in [1.807, 2.05) is 19.1 Å². The van der Waals surface area contributed by atoms with Crippen LogP contribution in [0.4, 0.5) is 4.79 Å². The minimum Gasteiger partial charge on any atom is -0.442 e. The van der Waals surface area contributed by atoms with E-state index in [-0.39, 0.29) is 6.10 Å². The molecular formula is C12H15NO2. The number of amides is 1. The second kappa shape index (κ2) is 3.93. The highest BCUT2D eigenvalue weighted by Crippen LogP contribution is 2.40. The number of carbonyl (C=O) groups is 1. The topological polar surface area (TPSA) is 52.3 Å². The van der Waals surface area contributed by atoms with Gasteiger partial charge in [0.1, 0.15) is 6.10 Å². The van der Waals surface area contributed by atoms with E-state index in [1.165, 1.54) is 18.4 Å². The molecule has 3 heteroatoms. The number of carbonyl (C=O) groups excluding carboxylic acids is 1. The Kier molecular flexibility index (Phi) is 2.62. The van der Waals surface area contributed by atoms with Crippen LogP contribution in [0.5, 0.6) is 0 Å². The molecule has 1 atom stereocenters. The smallest absolute Gasteiger partial charge is 0.405 e. The van der Waals surface area contributed by atoms with Gasteiger partial charge in [0.2, 0.25) is 0 Å². The number of nitrogens with two attached hydrogens (primary N) is 1. The number of ether oxygens (including phenoxy) is 1. The molecule has 0 heterocycles. The van der Waals surface area contributed by atoms with Gasteiger partial charge in [0.25, 0.3) is 0 Å². The number of primary amides is 1. The summed E-state index contributed by atoms with van der Waals surface area (Å²) in [6.07, 6.45) is 1.56. The molecule has 1 aromatic carbocycles. The van der Waals surface area contributed by atoms with Gasteiger partial charge in [-0.25, -0.2) is 4.79 Å². The number of hydrogen-bond acceptors (Lipinski definition) is 2. The Bertz CT molecular complexity index is 372. The lowest BCUT2D eigenvalue weighted by molar-refractivity contribution is 0.116. The summed E-state index contributed by atoms with van der Waals surface area (Å²) < 4.78 is 4.93. The zero-order valence-electron chi connectivity index (χ0n) is 8.77. The van der Waals surface area contributed by atoms with Crippen LogP contribution in [0.3, 0.4) is 0 Å². The van der Waals surface area contributed by atoms with Gasteiger partial charge in [-0.15, -0.1) is 0 Å². The van der Waals surface area contributed by atoms with E-state index in [0.717, 1.165) is 5.56 Å². The molecule has 0 bridgehead atoms. The minimum absolute atomic E-state index is 0.263. The number of benzene rings is 1. The monoisotopic (exact) mass is 205 g/mol. The molecule has 1 amide bonds. The summed E-state index contributed by atoms with van der Waals surface area (Å²) in [5.41, 5.74) is 7.33. The second-order valence-electron chi connectivity index (χ2n) is 4.02. The Balaban J connectivity index is 2.12. The van der Waals surface area contributed by atoms with Crippen molar-refractivity contribution in [2.45, 2.75) is 31.8 Å². The fraction of sp³-hybridized carbons (Fsp3) is 0.417. The molecule has 0 saturated heterocycles. The molecule has 0 unspecified atom stereocenters. The van der Waals surface area contributed by atoms with Crippen molar-refractivity contribution in [3.05, 3.63) is 35.4 Å². The zero-order valence-corrected chi connectivity index (χ0v) is 8.77. The second-order valence-corrected chi connectivity index (χ2v) is 4.02. The lowest BCUT2D eigenvalue weighted by atomic mass is 10.0. The molecule has 0 radical (unpaired) electrons. The highest BCUT2D eigenvalue weighted by atomic mass is 16.6. The third kappa shape index (κ3) is 2.49. The standard InChI is InChI=1S/C12H15NO2/c1-8(15-12(13)14)10-3-2-4-11(7-10)9-5-6-9/h2-4,7-9H,5-6H2,1H3,(H2,13,14)/t8-/m1/s1. The van der Waals surface area contributed by atoms with Crippen molar-refractivity contribution >= 4 is 6.09 Å². The highest BCUT2D eigenvalue weighted by Gasteiger charge is 2.24. The molecule has 0 spiro atoms. The van der Waals surface area contributed by atoms with Crippen molar-refractivity contribution in [2.75, 3.05) is 0 Å². The van der Waals surface area contributed by atoms with Gasteiger partial charge in [0, 0.05) is 0 Å². The van der Waals surface area contributed by atoms with Gasteiger partial charge in [-0.05, 0) is 36.8 Å². The normalized spacial score (nSPS) is 17.1. The molecular weight excluding hydrogens is 190 g/mol. The molecule has 1 fully saturated rings. The molecule has 1 saturated carbocycles. The Morgan fingerprint density at radius 3 is 2.87 bits per heavy atom. The Labute approximate surface area is 89.2 Å². The van der Waals surface area contributed by atoms with E-state index in [4.69, 9.17) is 10.5 Å². The SMILES string of the molecule is C[C@@H](OC(N)=O)c1cccc(C2CC2)c1. The largest absolute Gasteiger partial charge is 0.442 e. The van der Waals surface area contributed by atoms with E-state index in [1.54, 1.807) is 0 Å². The molecule has 15 heavy (non-hydrogen) atoms. The van der Waals surface area contributed by atoms with Gasteiger partial charge >= 0.3 is 6.09 Å². The molecule has 1 aliphatic carbocycles. The van der Waals surface area contributed by atoms with E-state index < -0.39 is 6.09 Å². The first-order valence-electron chi connectivity index (χ1n) is 5.23. The third-order valence-corrected chi connectivity index (χ3v) is 2.72. The fourth-order valence-corrected chi connectivity index (χ4v) is 1.72. The minimum atomic E-state index is -0.723. The summed E-state index contributed by atoms with van der Waals surface area (Å²) in [5.74, 6) is 0.714. The molecule has 1 aliphatic rings. The maximum atomic E-state index is 10.6. The Morgan fingerprint density at radius 1 is 1.53 bits per heavy atom. The van der Waals surface area contributed by atoms with Gasteiger partial charge in [0.15, 0.2) is 0 Å². The molecule has 80 valence electrons. The third-order valence-electron chi connectivity index (χ3n) is 2.72. The van der Waals surface area contributed by atoms with Crippen molar-refractivity contribution in [3.8, 4) is 0 Å². The van der Waals surface area contributed by atoms with Crippen molar-refractivity contribution in [1.82, 2.24) is 0 Å². The van der Waals surface area contributed by atoms with Gasteiger partial charge in [-0.2, -0.15) is 0 Å². The summed E-state index contributed by atoms with van der Waals surface area (Å²) in [6, 6.07) is 8.19. The van der Waals surface area contributed by atoms with Crippen LogP contribution in [-0.2, 0) is 4.74 Å². The lowest BCUT2D eigenvalue weighted by Gasteiger charge is -2.12. The summed E-state index contributed by atoms with van der Waals surface area (Å²) in [4.78, 5) is 10.6. The van der Waals surface area contributed by atoms with Gasteiger partial charge in [0.05, 0.1) is 0 Å². The van der Waals surface area contributed by atoms with Crippen LogP contribution in [0.1, 0.15) is 42.9 Å². The van der Waals surface area contributed by atoms with Crippen LogP contribution >= 0.6 is 0 Å². The molecule has 3 nitrogen and oxygen atoms in total. The molecule has 2 rings (SSSR count). The van der Waals surface area contributed by atoms with E-state index in [9.17, 15) is 4.79 Å². The first-order valence-corrected chi connectivity index (χ1v) is 5.23. The lowest BCUT2D eigenvalue weighted by Crippen LogP contribution is -2.15. The van der Waals surface area contributed by atoms with Crippen LogP contribution in [0.15, 0.2) is 24.3 Å². The van der Waals surface area contributed by atoms with Gasteiger partial charge in [-0.1, -0.05) is 24.3 Å². The number of rotatable bonds is 3. The molecule has 2 N–H and O–H groups in total. The van der Waals surface area contributed by atoms with E-state index >= 15 is 0 Å². The quantitative estimate of drug-likeness (QED) is 0.824. The summed E-state index contributed by atoms with van der Waals surface area (Å²) in [6.45, 7) is 1.83. The van der Waals surface area contributed by atoms with Crippen molar-refractivity contribution in [1.29, 1.82) is 0 Å².